The molecule has 4 heteroatoms. The van der Waals surface area contributed by atoms with E-state index in [1.54, 1.807) is 6.20 Å². The van der Waals surface area contributed by atoms with Crippen LogP contribution in [0.5, 0.6) is 0 Å². The molecule has 0 saturated carbocycles. The van der Waals surface area contributed by atoms with E-state index in [0.29, 0.717) is 12.4 Å². The number of pyridine rings is 1. The van der Waals surface area contributed by atoms with Crippen LogP contribution in [0.15, 0.2) is 18.5 Å². The van der Waals surface area contributed by atoms with Gasteiger partial charge in [-0.05, 0) is 23.5 Å². The van der Waals surface area contributed by atoms with Crippen molar-refractivity contribution in [2.45, 2.75) is 26.8 Å². The normalized spacial score (nSPS) is 11.8. The Labute approximate surface area is 101 Å². The highest BCUT2D eigenvalue weighted by Crippen LogP contribution is 2.19. The Kier molecular flexibility index (Phi) is 5.16. The van der Waals surface area contributed by atoms with Crippen LogP contribution in [0.3, 0.4) is 0 Å². The molecule has 0 aliphatic heterocycles. The summed E-state index contributed by atoms with van der Waals surface area (Å²) in [6.07, 6.45) is 3.84. The largest absolute Gasteiger partial charge is 0.312 e. The maximum absolute atomic E-state index is 12.8. The Morgan fingerprint density at radius 2 is 2.19 bits per heavy atom. The van der Waals surface area contributed by atoms with E-state index in [4.69, 9.17) is 11.6 Å². The zero-order valence-corrected chi connectivity index (χ0v) is 10.5. The van der Waals surface area contributed by atoms with Crippen molar-refractivity contribution in [1.82, 2.24) is 10.3 Å². The Morgan fingerprint density at radius 3 is 2.81 bits per heavy atom. The van der Waals surface area contributed by atoms with Gasteiger partial charge in [0.1, 0.15) is 5.82 Å². The van der Waals surface area contributed by atoms with Crippen LogP contribution < -0.4 is 5.32 Å². The summed E-state index contributed by atoms with van der Waals surface area (Å²) in [7, 11) is 0. The first-order valence-electron chi connectivity index (χ1n) is 5.40. The van der Waals surface area contributed by atoms with Crippen LogP contribution in [0, 0.1) is 11.2 Å². The molecule has 0 aliphatic carbocycles. The van der Waals surface area contributed by atoms with Gasteiger partial charge in [0, 0.05) is 25.2 Å². The fourth-order valence-corrected chi connectivity index (χ4v) is 1.95. The molecule has 0 saturated heterocycles. The van der Waals surface area contributed by atoms with Crippen molar-refractivity contribution in [3.63, 3.8) is 0 Å². The molecule has 1 heterocycles. The molecule has 0 fully saturated rings. The molecule has 0 bridgehead atoms. The highest BCUT2D eigenvalue weighted by molar-refractivity contribution is 6.17. The number of nitrogens with one attached hydrogen (secondary N) is 1. The first-order valence-corrected chi connectivity index (χ1v) is 5.93. The topological polar surface area (TPSA) is 24.9 Å². The summed E-state index contributed by atoms with van der Waals surface area (Å²) in [4.78, 5) is 3.80. The number of halogens is 2. The van der Waals surface area contributed by atoms with E-state index in [2.05, 4.69) is 24.1 Å². The number of nitrogens with zero attached hydrogens (tertiary/aromatic N) is 1. The van der Waals surface area contributed by atoms with Gasteiger partial charge in [0.05, 0.1) is 6.20 Å². The first-order chi connectivity index (χ1) is 7.53. The van der Waals surface area contributed by atoms with Crippen LogP contribution in [0.25, 0.3) is 0 Å². The van der Waals surface area contributed by atoms with Gasteiger partial charge in [-0.15, -0.1) is 11.6 Å². The van der Waals surface area contributed by atoms with E-state index < -0.39 is 0 Å². The second kappa shape index (κ2) is 6.16. The molecule has 0 aliphatic rings. The highest BCUT2D eigenvalue weighted by atomic mass is 35.5. The minimum absolute atomic E-state index is 0.169. The highest BCUT2D eigenvalue weighted by Gasteiger charge is 2.16. The number of rotatable bonds is 6. The second-order valence-corrected chi connectivity index (χ2v) is 5.10. The molecule has 1 aromatic heterocycles. The van der Waals surface area contributed by atoms with Crippen molar-refractivity contribution >= 4 is 11.6 Å². The van der Waals surface area contributed by atoms with Crippen LogP contribution >= 0.6 is 11.6 Å². The van der Waals surface area contributed by atoms with E-state index in [0.717, 1.165) is 18.5 Å². The monoisotopic (exact) mass is 244 g/mol. The molecule has 1 rings (SSSR count). The van der Waals surface area contributed by atoms with Crippen LogP contribution in [-0.2, 0) is 6.54 Å². The minimum atomic E-state index is -0.292. The fraction of sp³-hybridized carbons (Fsp3) is 0.583. The molecule has 0 aromatic carbocycles. The Morgan fingerprint density at radius 1 is 1.44 bits per heavy atom. The van der Waals surface area contributed by atoms with Crippen LogP contribution in [0.1, 0.15) is 25.8 Å². The van der Waals surface area contributed by atoms with E-state index in [1.807, 2.05) is 0 Å². The Balaban J connectivity index is 2.35. The Bertz CT molecular complexity index is 329. The molecule has 2 nitrogen and oxygen atoms in total. The molecule has 1 N–H and O–H groups in total. The molecule has 0 radical (unpaired) electrons. The Hall–Kier alpha value is -0.670. The summed E-state index contributed by atoms with van der Waals surface area (Å²) in [6.45, 7) is 5.81. The van der Waals surface area contributed by atoms with E-state index in [9.17, 15) is 4.39 Å². The number of hydrogen-bond donors (Lipinski definition) is 1. The standard InChI is InChI=1S/C12H18ClFN2/c1-12(2,3-4-13)9-16-7-10-5-11(14)8-15-6-10/h5-6,8,16H,3-4,7,9H2,1-2H3. The van der Waals surface area contributed by atoms with Gasteiger partial charge in [-0.25, -0.2) is 4.39 Å². The van der Waals surface area contributed by atoms with Gasteiger partial charge in [0.25, 0.3) is 0 Å². The van der Waals surface area contributed by atoms with Crippen molar-refractivity contribution in [3.05, 3.63) is 29.8 Å². The van der Waals surface area contributed by atoms with Crippen molar-refractivity contribution in [2.75, 3.05) is 12.4 Å². The van der Waals surface area contributed by atoms with E-state index >= 15 is 0 Å². The zero-order valence-electron chi connectivity index (χ0n) is 9.76. The maximum atomic E-state index is 12.8. The summed E-state index contributed by atoms with van der Waals surface area (Å²) < 4.78 is 12.8. The number of alkyl halides is 1. The third kappa shape index (κ3) is 4.90. The van der Waals surface area contributed by atoms with Gasteiger partial charge in [0.2, 0.25) is 0 Å². The fourth-order valence-electron chi connectivity index (χ4n) is 1.44. The summed E-state index contributed by atoms with van der Waals surface area (Å²) in [5.41, 5.74) is 1.03. The van der Waals surface area contributed by atoms with Crippen LogP contribution in [-0.4, -0.2) is 17.4 Å². The molecular weight excluding hydrogens is 227 g/mol. The molecule has 0 spiro atoms. The van der Waals surface area contributed by atoms with Gasteiger partial charge in [-0.2, -0.15) is 0 Å². The summed E-state index contributed by atoms with van der Waals surface area (Å²) in [5, 5.41) is 3.29. The number of aromatic nitrogens is 1. The summed E-state index contributed by atoms with van der Waals surface area (Å²) in [6, 6.07) is 1.49. The van der Waals surface area contributed by atoms with Crippen molar-refractivity contribution in [2.24, 2.45) is 5.41 Å². The lowest BCUT2D eigenvalue weighted by atomic mass is 9.90. The van der Waals surface area contributed by atoms with Gasteiger partial charge in [-0.1, -0.05) is 13.8 Å². The van der Waals surface area contributed by atoms with Gasteiger partial charge >= 0.3 is 0 Å². The lowest BCUT2D eigenvalue weighted by molar-refractivity contribution is 0.329. The third-order valence-corrected chi connectivity index (χ3v) is 2.65. The second-order valence-electron chi connectivity index (χ2n) is 4.72. The minimum Gasteiger partial charge on any atom is -0.312 e. The number of hydrogen-bond acceptors (Lipinski definition) is 2. The van der Waals surface area contributed by atoms with E-state index in [1.165, 1.54) is 12.3 Å². The van der Waals surface area contributed by atoms with Crippen LogP contribution in [0.4, 0.5) is 4.39 Å². The average molecular weight is 245 g/mol. The van der Waals surface area contributed by atoms with E-state index in [-0.39, 0.29) is 11.2 Å². The molecular formula is C12H18ClFN2. The summed E-state index contributed by atoms with van der Waals surface area (Å²) >= 11 is 5.72. The molecule has 0 amide bonds. The molecule has 16 heavy (non-hydrogen) atoms. The average Bonchev–Trinajstić information content (AvgIpc) is 2.17. The summed E-state index contributed by atoms with van der Waals surface area (Å²) in [5.74, 6) is 0.371. The quantitative estimate of drug-likeness (QED) is 0.779. The van der Waals surface area contributed by atoms with Crippen molar-refractivity contribution in [3.8, 4) is 0 Å². The molecule has 0 atom stereocenters. The van der Waals surface area contributed by atoms with Gasteiger partial charge in [-0.3, -0.25) is 4.98 Å². The van der Waals surface area contributed by atoms with Crippen molar-refractivity contribution in [1.29, 1.82) is 0 Å². The maximum Gasteiger partial charge on any atom is 0.141 e. The first kappa shape index (κ1) is 13.4. The molecule has 1 aromatic rings. The zero-order chi connectivity index (χ0) is 12.0. The smallest absolute Gasteiger partial charge is 0.141 e. The third-order valence-electron chi connectivity index (χ3n) is 2.47. The SMILES string of the molecule is CC(C)(CCCl)CNCc1cncc(F)c1. The van der Waals surface area contributed by atoms with Gasteiger partial charge in [0.15, 0.2) is 0 Å². The molecule has 0 unspecified atom stereocenters. The van der Waals surface area contributed by atoms with Crippen molar-refractivity contribution < 1.29 is 4.39 Å². The molecule has 90 valence electrons. The predicted molar refractivity (Wildman–Crippen MR) is 65.0 cm³/mol. The van der Waals surface area contributed by atoms with Gasteiger partial charge < -0.3 is 5.32 Å². The van der Waals surface area contributed by atoms with Crippen LogP contribution in [0.2, 0.25) is 0 Å². The lowest BCUT2D eigenvalue weighted by Crippen LogP contribution is -2.29. The predicted octanol–water partition coefficient (Wildman–Crippen LogP) is 2.97. The lowest BCUT2D eigenvalue weighted by Gasteiger charge is -2.23.